The van der Waals surface area contributed by atoms with Crippen LogP contribution < -0.4 is 0 Å². The normalized spacial score (nSPS) is 21.9. The molecule has 4 rings (SSSR count). The largest absolute Gasteiger partial charge is 0.357 e. The molecule has 3 heterocycles. The lowest BCUT2D eigenvalue weighted by Gasteiger charge is -2.39. The molecule has 0 aliphatic carbocycles. The number of aromatic nitrogens is 1. The molecule has 1 saturated heterocycles. The molecule has 2 aliphatic rings. The molecule has 0 unspecified atom stereocenters. The second kappa shape index (κ2) is 6.25. The summed E-state index contributed by atoms with van der Waals surface area (Å²) in [5, 5.41) is 1.38. The molecule has 1 amide bonds. The monoisotopic (exact) mass is 325 g/mol. The van der Waals surface area contributed by atoms with E-state index in [0.29, 0.717) is 17.9 Å². The average molecular weight is 325 g/mol. The van der Waals surface area contributed by atoms with E-state index < -0.39 is 0 Å². The maximum atomic E-state index is 11.9. The van der Waals surface area contributed by atoms with E-state index in [4.69, 9.17) is 0 Å². The first-order chi connectivity index (χ1) is 11.6. The number of hydrogen-bond donors (Lipinski definition) is 1. The molecular weight excluding hydrogens is 298 g/mol. The Labute approximate surface area is 143 Å². The van der Waals surface area contributed by atoms with Crippen molar-refractivity contribution in [2.45, 2.75) is 39.2 Å². The lowest BCUT2D eigenvalue weighted by molar-refractivity contribution is -0.128. The lowest BCUT2D eigenvalue weighted by atomic mass is 9.90. The van der Waals surface area contributed by atoms with E-state index in [-0.39, 0.29) is 0 Å². The minimum Gasteiger partial charge on any atom is -0.357 e. The SMILES string of the molecule is CC(C)[C@@H]1c2[nH]c3ccccc3c2CCN1CCN1CCCC1=O. The van der Waals surface area contributed by atoms with Gasteiger partial charge < -0.3 is 9.88 Å². The highest BCUT2D eigenvalue weighted by atomic mass is 16.2. The summed E-state index contributed by atoms with van der Waals surface area (Å²) in [7, 11) is 0. The van der Waals surface area contributed by atoms with Crippen molar-refractivity contribution in [1.29, 1.82) is 0 Å². The average Bonchev–Trinajstić information content (AvgIpc) is 3.15. The standard InChI is InChI=1S/C20H27N3O/c1-14(2)20-19-16(15-6-3-4-7-17(15)21-19)9-11-23(20)13-12-22-10-5-8-18(22)24/h3-4,6-7,14,20-21H,5,8-13H2,1-2H3/t20-/m1/s1. The minimum absolute atomic E-state index is 0.333. The molecule has 0 bridgehead atoms. The van der Waals surface area contributed by atoms with Crippen LogP contribution in [0.2, 0.25) is 0 Å². The van der Waals surface area contributed by atoms with Gasteiger partial charge in [0.1, 0.15) is 0 Å². The molecule has 24 heavy (non-hydrogen) atoms. The van der Waals surface area contributed by atoms with Crippen LogP contribution in [0.25, 0.3) is 10.9 Å². The number of fused-ring (bicyclic) bond motifs is 3. The fourth-order valence-electron chi connectivity index (χ4n) is 4.52. The smallest absolute Gasteiger partial charge is 0.222 e. The Balaban J connectivity index is 1.59. The van der Waals surface area contributed by atoms with Crippen LogP contribution in [0.3, 0.4) is 0 Å². The van der Waals surface area contributed by atoms with Crippen molar-refractivity contribution >= 4 is 16.8 Å². The van der Waals surface area contributed by atoms with Crippen LogP contribution in [0.15, 0.2) is 24.3 Å². The zero-order chi connectivity index (χ0) is 16.7. The van der Waals surface area contributed by atoms with Crippen LogP contribution in [0, 0.1) is 5.92 Å². The molecule has 4 nitrogen and oxygen atoms in total. The van der Waals surface area contributed by atoms with Crippen molar-refractivity contribution in [2.75, 3.05) is 26.2 Å². The molecule has 1 aromatic carbocycles. The van der Waals surface area contributed by atoms with E-state index in [0.717, 1.165) is 45.4 Å². The van der Waals surface area contributed by atoms with Gasteiger partial charge in [0, 0.05) is 49.2 Å². The van der Waals surface area contributed by atoms with Gasteiger partial charge in [0.25, 0.3) is 0 Å². The van der Waals surface area contributed by atoms with Crippen molar-refractivity contribution in [3.63, 3.8) is 0 Å². The summed E-state index contributed by atoms with van der Waals surface area (Å²) in [6, 6.07) is 9.06. The van der Waals surface area contributed by atoms with Crippen molar-refractivity contribution in [1.82, 2.24) is 14.8 Å². The minimum atomic E-state index is 0.333. The van der Waals surface area contributed by atoms with Crippen LogP contribution >= 0.6 is 0 Å². The highest BCUT2D eigenvalue weighted by Gasteiger charge is 2.33. The third kappa shape index (κ3) is 2.63. The molecule has 2 aliphatic heterocycles. The molecule has 128 valence electrons. The van der Waals surface area contributed by atoms with Gasteiger partial charge >= 0.3 is 0 Å². The molecule has 1 atom stereocenters. The van der Waals surface area contributed by atoms with E-state index >= 15 is 0 Å². The number of carbonyl (C=O) groups excluding carboxylic acids is 1. The second-order valence-electron chi connectivity index (χ2n) is 7.52. The number of hydrogen-bond acceptors (Lipinski definition) is 2. The van der Waals surface area contributed by atoms with Crippen molar-refractivity contribution < 1.29 is 4.79 Å². The summed E-state index contributed by atoms with van der Waals surface area (Å²) < 4.78 is 0. The fourth-order valence-corrected chi connectivity index (χ4v) is 4.52. The number of rotatable bonds is 4. The van der Waals surface area contributed by atoms with E-state index in [9.17, 15) is 4.79 Å². The van der Waals surface area contributed by atoms with Crippen LogP contribution in [0.4, 0.5) is 0 Å². The van der Waals surface area contributed by atoms with E-state index in [1.54, 1.807) is 0 Å². The number of nitrogens with zero attached hydrogens (tertiary/aromatic N) is 2. The summed E-state index contributed by atoms with van der Waals surface area (Å²) in [6.07, 6.45) is 2.86. The molecule has 1 aromatic heterocycles. The summed E-state index contributed by atoms with van der Waals surface area (Å²) in [5.41, 5.74) is 4.15. The first-order valence-corrected chi connectivity index (χ1v) is 9.26. The van der Waals surface area contributed by atoms with Gasteiger partial charge in [-0.1, -0.05) is 32.0 Å². The van der Waals surface area contributed by atoms with Crippen LogP contribution in [-0.4, -0.2) is 46.9 Å². The van der Waals surface area contributed by atoms with E-state index in [1.807, 2.05) is 4.90 Å². The molecule has 4 heteroatoms. The molecule has 0 spiro atoms. The summed E-state index contributed by atoms with van der Waals surface area (Å²) in [6.45, 7) is 8.48. The van der Waals surface area contributed by atoms with Gasteiger partial charge in [-0.3, -0.25) is 9.69 Å². The zero-order valence-corrected chi connectivity index (χ0v) is 14.7. The molecular formula is C20H27N3O. The number of aromatic amines is 1. The molecule has 2 aromatic rings. The summed E-state index contributed by atoms with van der Waals surface area (Å²) in [4.78, 5) is 20.2. The Morgan fingerprint density at radius 3 is 2.75 bits per heavy atom. The summed E-state index contributed by atoms with van der Waals surface area (Å²) in [5.74, 6) is 0.880. The zero-order valence-electron chi connectivity index (χ0n) is 14.7. The number of para-hydroxylation sites is 1. The Morgan fingerprint density at radius 1 is 1.17 bits per heavy atom. The number of H-pyrrole nitrogens is 1. The van der Waals surface area contributed by atoms with E-state index in [2.05, 4.69) is 48.0 Å². The molecule has 0 radical (unpaired) electrons. The van der Waals surface area contributed by atoms with Crippen LogP contribution in [-0.2, 0) is 11.2 Å². The number of amides is 1. The molecule has 1 N–H and O–H groups in total. The first-order valence-electron chi connectivity index (χ1n) is 9.26. The maximum absolute atomic E-state index is 11.9. The highest BCUT2D eigenvalue weighted by molar-refractivity contribution is 5.85. The van der Waals surface area contributed by atoms with Crippen molar-refractivity contribution in [2.24, 2.45) is 5.92 Å². The van der Waals surface area contributed by atoms with Gasteiger partial charge in [-0.25, -0.2) is 0 Å². The second-order valence-corrected chi connectivity index (χ2v) is 7.52. The number of benzene rings is 1. The van der Waals surface area contributed by atoms with Gasteiger partial charge in [-0.2, -0.15) is 0 Å². The third-order valence-corrected chi connectivity index (χ3v) is 5.64. The van der Waals surface area contributed by atoms with Gasteiger partial charge in [0.05, 0.1) is 6.04 Å². The van der Waals surface area contributed by atoms with Crippen LogP contribution in [0.5, 0.6) is 0 Å². The molecule has 1 fully saturated rings. The highest BCUT2D eigenvalue weighted by Crippen LogP contribution is 2.38. The van der Waals surface area contributed by atoms with Crippen LogP contribution in [0.1, 0.15) is 44.0 Å². The summed E-state index contributed by atoms with van der Waals surface area (Å²) >= 11 is 0. The van der Waals surface area contributed by atoms with Crippen molar-refractivity contribution in [3.05, 3.63) is 35.5 Å². The number of carbonyl (C=O) groups is 1. The Morgan fingerprint density at radius 2 is 2.00 bits per heavy atom. The quantitative estimate of drug-likeness (QED) is 0.936. The fraction of sp³-hybridized carbons (Fsp3) is 0.550. The third-order valence-electron chi connectivity index (χ3n) is 5.64. The van der Waals surface area contributed by atoms with E-state index in [1.165, 1.54) is 22.2 Å². The predicted octanol–water partition coefficient (Wildman–Crippen LogP) is 3.35. The Bertz CT molecular complexity index is 748. The van der Waals surface area contributed by atoms with Gasteiger partial charge in [0.15, 0.2) is 0 Å². The van der Waals surface area contributed by atoms with Gasteiger partial charge in [-0.15, -0.1) is 0 Å². The maximum Gasteiger partial charge on any atom is 0.222 e. The van der Waals surface area contributed by atoms with Gasteiger partial charge in [-0.05, 0) is 30.4 Å². The Kier molecular flexibility index (Phi) is 4.09. The van der Waals surface area contributed by atoms with Gasteiger partial charge in [0.2, 0.25) is 5.91 Å². The topological polar surface area (TPSA) is 39.3 Å². The first kappa shape index (κ1) is 15.7. The lowest BCUT2D eigenvalue weighted by Crippen LogP contribution is -2.43. The van der Waals surface area contributed by atoms with Crippen molar-refractivity contribution in [3.8, 4) is 0 Å². The molecule has 0 saturated carbocycles. The number of nitrogens with one attached hydrogen (secondary N) is 1. The number of likely N-dealkylation sites (tertiary alicyclic amines) is 1. The Hall–Kier alpha value is -1.81. The predicted molar refractivity (Wildman–Crippen MR) is 97.0 cm³/mol.